The highest BCUT2D eigenvalue weighted by molar-refractivity contribution is 7.18. The van der Waals surface area contributed by atoms with Crippen LogP contribution in [0.2, 0.25) is 4.34 Å². The zero-order chi connectivity index (χ0) is 20.5. The summed E-state index contributed by atoms with van der Waals surface area (Å²) in [4.78, 5) is 39.3. The van der Waals surface area contributed by atoms with Gasteiger partial charge in [0.2, 0.25) is 5.91 Å². The molecule has 0 bridgehead atoms. The molecular formula is C19H17ClFN3O4S. The Morgan fingerprint density at radius 1 is 1.28 bits per heavy atom. The molecule has 10 heteroatoms. The number of rotatable bonds is 5. The van der Waals surface area contributed by atoms with E-state index in [9.17, 15) is 18.8 Å². The molecule has 2 saturated heterocycles. The standard InChI is InChI=1S/C19H17ClFN3O4S/c20-16-6-5-15(29-16)18(26)22-9-12-10-24(19(27)28-12)11-3-4-14(13(21)8-11)23-7-1-2-17(23)25/h3-6,8,12H,1-2,7,9-10H2,(H,22,26)/t12-/m0/s1. The molecule has 1 aromatic carbocycles. The van der Waals surface area contributed by atoms with Crippen LogP contribution in [0.4, 0.5) is 20.6 Å². The van der Waals surface area contributed by atoms with Crippen molar-refractivity contribution in [2.24, 2.45) is 0 Å². The molecule has 3 heterocycles. The molecule has 2 aromatic rings. The molecule has 2 aliphatic heterocycles. The first-order chi connectivity index (χ1) is 13.9. The van der Waals surface area contributed by atoms with Crippen LogP contribution >= 0.6 is 22.9 Å². The monoisotopic (exact) mass is 437 g/mol. The lowest BCUT2D eigenvalue weighted by atomic mass is 10.2. The third-order valence-corrected chi connectivity index (χ3v) is 6.00. The number of amides is 3. The Morgan fingerprint density at radius 2 is 2.10 bits per heavy atom. The molecule has 0 saturated carbocycles. The minimum absolute atomic E-state index is 0.111. The zero-order valence-electron chi connectivity index (χ0n) is 15.2. The highest BCUT2D eigenvalue weighted by Crippen LogP contribution is 2.30. The van der Waals surface area contributed by atoms with E-state index in [1.54, 1.807) is 18.2 Å². The van der Waals surface area contributed by atoms with Gasteiger partial charge in [0.05, 0.1) is 33.7 Å². The van der Waals surface area contributed by atoms with E-state index in [0.29, 0.717) is 34.3 Å². The molecule has 0 radical (unpaired) electrons. The van der Waals surface area contributed by atoms with E-state index in [4.69, 9.17) is 16.3 Å². The highest BCUT2D eigenvalue weighted by atomic mass is 35.5. The number of halogens is 2. The summed E-state index contributed by atoms with van der Waals surface area (Å²) in [5.41, 5.74) is 0.545. The lowest BCUT2D eigenvalue weighted by Gasteiger charge is -2.19. The number of cyclic esters (lactones) is 1. The van der Waals surface area contributed by atoms with Crippen molar-refractivity contribution in [3.63, 3.8) is 0 Å². The minimum Gasteiger partial charge on any atom is -0.442 e. The van der Waals surface area contributed by atoms with Crippen LogP contribution in [-0.4, -0.2) is 43.6 Å². The number of ether oxygens (including phenoxy) is 1. The van der Waals surface area contributed by atoms with Crippen LogP contribution in [0.25, 0.3) is 0 Å². The summed E-state index contributed by atoms with van der Waals surface area (Å²) >= 11 is 6.98. The van der Waals surface area contributed by atoms with Crippen molar-refractivity contribution >= 4 is 52.2 Å². The van der Waals surface area contributed by atoms with Crippen LogP contribution in [0.1, 0.15) is 22.5 Å². The average molecular weight is 438 g/mol. The van der Waals surface area contributed by atoms with Crippen LogP contribution in [0.3, 0.4) is 0 Å². The van der Waals surface area contributed by atoms with Crippen molar-refractivity contribution in [3.8, 4) is 0 Å². The third-order valence-electron chi connectivity index (χ3n) is 4.77. The van der Waals surface area contributed by atoms with Gasteiger partial charge in [-0.05, 0) is 36.8 Å². The van der Waals surface area contributed by atoms with Crippen molar-refractivity contribution in [1.29, 1.82) is 0 Å². The molecule has 0 aliphatic carbocycles. The number of hydrogen-bond acceptors (Lipinski definition) is 5. The molecule has 1 N–H and O–H groups in total. The number of anilines is 2. The van der Waals surface area contributed by atoms with Gasteiger partial charge in [0.25, 0.3) is 5.91 Å². The van der Waals surface area contributed by atoms with Crippen molar-refractivity contribution < 1.29 is 23.5 Å². The number of benzene rings is 1. The lowest BCUT2D eigenvalue weighted by Crippen LogP contribution is -2.34. The number of carbonyl (C=O) groups excluding carboxylic acids is 3. The van der Waals surface area contributed by atoms with Gasteiger partial charge in [-0.25, -0.2) is 9.18 Å². The maximum atomic E-state index is 14.6. The van der Waals surface area contributed by atoms with Crippen LogP contribution in [0.15, 0.2) is 30.3 Å². The topological polar surface area (TPSA) is 79.0 Å². The second-order valence-corrected chi connectivity index (χ2v) is 8.43. The number of nitrogens with one attached hydrogen (secondary N) is 1. The third kappa shape index (κ3) is 4.06. The van der Waals surface area contributed by atoms with Gasteiger partial charge in [0.15, 0.2) is 0 Å². The van der Waals surface area contributed by atoms with Gasteiger partial charge < -0.3 is 15.0 Å². The number of carbonyl (C=O) groups is 3. The fraction of sp³-hybridized carbons (Fsp3) is 0.316. The Bertz CT molecular complexity index is 982. The van der Waals surface area contributed by atoms with E-state index < -0.39 is 18.0 Å². The Kier molecular flexibility index (Phi) is 5.42. The van der Waals surface area contributed by atoms with E-state index in [2.05, 4.69) is 5.32 Å². The molecular weight excluding hydrogens is 421 g/mol. The maximum Gasteiger partial charge on any atom is 0.414 e. The summed E-state index contributed by atoms with van der Waals surface area (Å²) in [5.74, 6) is -0.987. The number of thiophene rings is 1. The first-order valence-electron chi connectivity index (χ1n) is 9.04. The van der Waals surface area contributed by atoms with Crippen molar-refractivity contribution in [2.45, 2.75) is 18.9 Å². The van der Waals surface area contributed by atoms with Crippen LogP contribution < -0.4 is 15.1 Å². The Hall–Kier alpha value is -2.65. The molecule has 1 atom stereocenters. The van der Waals surface area contributed by atoms with Gasteiger partial charge in [-0.15, -0.1) is 11.3 Å². The second-order valence-electron chi connectivity index (χ2n) is 6.71. The number of nitrogens with zero attached hydrogens (tertiary/aromatic N) is 2. The normalized spacial score (nSPS) is 19.0. The van der Waals surface area contributed by atoms with Gasteiger partial charge >= 0.3 is 6.09 Å². The predicted octanol–water partition coefficient (Wildman–Crippen LogP) is 3.42. The molecule has 1 aromatic heterocycles. The van der Waals surface area contributed by atoms with Crippen LogP contribution in [-0.2, 0) is 9.53 Å². The summed E-state index contributed by atoms with van der Waals surface area (Å²) in [6.45, 7) is 0.781. The van der Waals surface area contributed by atoms with E-state index in [-0.39, 0.29) is 30.6 Å². The zero-order valence-corrected chi connectivity index (χ0v) is 16.8. The van der Waals surface area contributed by atoms with Gasteiger partial charge in [-0.2, -0.15) is 0 Å². The fourth-order valence-electron chi connectivity index (χ4n) is 3.35. The summed E-state index contributed by atoms with van der Waals surface area (Å²) in [5, 5.41) is 2.70. The van der Waals surface area contributed by atoms with E-state index in [1.807, 2.05) is 0 Å². The molecule has 3 amide bonds. The largest absolute Gasteiger partial charge is 0.442 e. The quantitative estimate of drug-likeness (QED) is 0.777. The summed E-state index contributed by atoms with van der Waals surface area (Å²) in [6, 6.07) is 7.55. The minimum atomic E-state index is -0.618. The van der Waals surface area contributed by atoms with Crippen LogP contribution in [0, 0.1) is 5.82 Å². The molecule has 0 spiro atoms. The van der Waals surface area contributed by atoms with E-state index >= 15 is 0 Å². The van der Waals surface area contributed by atoms with Gasteiger partial charge in [0.1, 0.15) is 11.9 Å². The van der Waals surface area contributed by atoms with Crippen molar-refractivity contribution in [2.75, 3.05) is 29.4 Å². The first kappa shape index (κ1) is 19.7. The maximum absolute atomic E-state index is 14.6. The van der Waals surface area contributed by atoms with Crippen molar-refractivity contribution in [3.05, 3.63) is 45.4 Å². The highest BCUT2D eigenvalue weighted by Gasteiger charge is 2.33. The molecule has 2 aliphatic rings. The first-order valence-corrected chi connectivity index (χ1v) is 10.2. The Labute approximate surface area is 175 Å². The van der Waals surface area contributed by atoms with Crippen LogP contribution in [0.5, 0.6) is 0 Å². The second kappa shape index (κ2) is 8.00. The lowest BCUT2D eigenvalue weighted by molar-refractivity contribution is -0.117. The predicted molar refractivity (Wildman–Crippen MR) is 107 cm³/mol. The molecule has 4 rings (SSSR count). The summed E-state index contributed by atoms with van der Waals surface area (Å²) in [6.07, 6.45) is -0.0774. The van der Waals surface area contributed by atoms with E-state index in [1.165, 1.54) is 21.9 Å². The fourth-order valence-corrected chi connectivity index (χ4v) is 4.31. The Morgan fingerprint density at radius 3 is 2.76 bits per heavy atom. The van der Waals surface area contributed by atoms with E-state index in [0.717, 1.165) is 11.3 Å². The smallest absolute Gasteiger partial charge is 0.414 e. The molecule has 7 nitrogen and oxygen atoms in total. The van der Waals surface area contributed by atoms with Crippen molar-refractivity contribution in [1.82, 2.24) is 5.32 Å². The summed E-state index contributed by atoms with van der Waals surface area (Å²) in [7, 11) is 0. The molecule has 152 valence electrons. The average Bonchev–Trinajstić information content (AvgIpc) is 3.40. The number of hydrogen-bond donors (Lipinski definition) is 1. The van der Waals surface area contributed by atoms with Gasteiger partial charge in [-0.3, -0.25) is 14.5 Å². The Balaban J connectivity index is 1.39. The summed E-state index contributed by atoms with van der Waals surface area (Å²) < 4.78 is 20.3. The van der Waals surface area contributed by atoms with Gasteiger partial charge in [-0.1, -0.05) is 11.6 Å². The van der Waals surface area contributed by atoms with Gasteiger partial charge in [0, 0.05) is 13.0 Å². The molecule has 2 fully saturated rings. The molecule has 29 heavy (non-hydrogen) atoms. The SMILES string of the molecule is O=C(NC[C@H]1CN(c2ccc(N3CCCC3=O)c(F)c2)C(=O)O1)c1ccc(Cl)s1. The molecule has 0 unspecified atom stereocenters.